The minimum Gasteiger partial charge on any atom is -0.441 e. The van der Waals surface area contributed by atoms with E-state index in [0.717, 1.165) is 28.2 Å². The Morgan fingerprint density at radius 3 is 3.06 bits per heavy atom. The summed E-state index contributed by atoms with van der Waals surface area (Å²) in [5, 5.41) is 0. The van der Waals surface area contributed by atoms with Crippen molar-refractivity contribution in [3.05, 3.63) is 36.1 Å². The minimum atomic E-state index is 0.380. The number of hydrogen-bond donors (Lipinski definition) is 1. The first-order valence-corrected chi connectivity index (χ1v) is 5.77. The van der Waals surface area contributed by atoms with Crippen LogP contribution in [0.5, 0.6) is 0 Å². The van der Waals surface area contributed by atoms with Crippen molar-refractivity contribution in [2.24, 2.45) is 0 Å². The Morgan fingerprint density at radius 1 is 1.41 bits per heavy atom. The van der Waals surface area contributed by atoms with E-state index in [1.807, 2.05) is 25.1 Å². The number of aryl methyl sites for hydroxylation is 1. The Kier molecular flexibility index (Phi) is 2.37. The molecular formula is C12H10ClN3O. The lowest BCUT2D eigenvalue weighted by molar-refractivity contribution is 0.561. The third-order valence-electron chi connectivity index (χ3n) is 2.56. The SMILES string of the molecule is Cc1nc2cc(-c3cnc(CCl)[nH]3)ccc2o1. The number of oxazole rings is 1. The molecule has 0 aliphatic heterocycles. The van der Waals surface area contributed by atoms with Crippen LogP contribution in [0.3, 0.4) is 0 Å². The maximum absolute atomic E-state index is 5.71. The summed E-state index contributed by atoms with van der Waals surface area (Å²) < 4.78 is 5.43. The number of rotatable bonds is 2. The average molecular weight is 248 g/mol. The van der Waals surface area contributed by atoms with Crippen LogP contribution in [0.15, 0.2) is 28.8 Å². The fraction of sp³-hybridized carbons (Fsp3) is 0.167. The lowest BCUT2D eigenvalue weighted by Gasteiger charge is -1.96. The van der Waals surface area contributed by atoms with Crippen LogP contribution in [0.2, 0.25) is 0 Å². The summed E-state index contributed by atoms with van der Waals surface area (Å²) in [5.74, 6) is 1.81. The zero-order valence-corrected chi connectivity index (χ0v) is 9.95. The van der Waals surface area contributed by atoms with E-state index in [0.29, 0.717) is 11.8 Å². The molecule has 1 aromatic carbocycles. The van der Waals surface area contributed by atoms with Crippen molar-refractivity contribution in [1.82, 2.24) is 15.0 Å². The molecule has 0 amide bonds. The summed E-state index contributed by atoms with van der Waals surface area (Å²) in [7, 11) is 0. The molecular weight excluding hydrogens is 238 g/mol. The van der Waals surface area contributed by atoms with Crippen molar-refractivity contribution in [1.29, 1.82) is 0 Å². The van der Waals surface area contributed by atoms with Crippen LogP contribution >= 0.6 is 11.6 Å². The number of halogens is 1. The molecule has 1 N–H and O–H groups in total. The second-order valence-corrected chi connectivity index (χ2v) is 4.06. The van der Waals surface area contributed by atoms with Gasteiger partial charge in [0.15, 0.2) is 11.5 Å². The van der Waals surface area contributed by atoms with Crippen LogP contribution in [0.1, 0.15) is 11.7 Å². The summed E-state index contributed by atoms with van der Waals surface area (Å²) in [4.78, 5) is 11.6. The molecule has 0 saturated heterocycles. The molecule has 0 fully saturated rings. The lowest BCUT2D eigenvalue weighted by atomic mass is 10.1. The zero-order valence-electron chi connectivity index (χ0n) is 9.20. The van der Waals surface area contributed by atoms with Gasteiger partial charge in [-0.3, -0.25) is 0 Å². The van der Waals surface area contributed by atoms with Gasteiger partial charge in [0.1, 0.15) is 11.3 Å². The Balaban J connectivity index is 2.10. The number of fused-ring (bicyclic) bond motifs is 1. The molecule has 0 saturated carbocycles. The van der Waals surface area contributed by atoms with Crippen molar-refractivity contribution in [2.75, 3.05) is 0 Å². The van der Waals surface area contributed by atoms with E-state index >= 15 is 0 Å². The molecule has 4 nitrogen and oxygen atoms in total. The largest absolute Gasteiger partial charge is 0.441 e. The predicted molar refractivity (Wildman–Crippen MR) is 65.9 cm³/mol. The van der Waals surface area contributed by atoms with Gasteiger partial charge in [-0.25, -0.2) is 9.97 Å². The van der Waals surface area contributed by atoms with Crippen molar-refractivity contribution < 1.29 is 4.42 Å². The molecule has 0 atom stereocenters. The van der Waals surface area contributed by atoms with Crippen LogP contribution in [0, 0.1) is 6.92 Å². The van der Waals surface area contributed by atoms with E-state index in [1.54, 1.807) is 6.20 Å². The Bertz CT molecular complexity index is 671. The Morgan fingerprint density at radius 2 is 2.29 bits per heavy atom. The van der Waals surface area contributed by atoms with Gasteiger partial charge in [0.2, 0.25) is 0 Å². The zero-order chi connectivity index (χ0) is 11.8. The molecule has 0 bridgehead atoms. The number of nitrogens with one attached hydrogen (secondary N) is 1. The van der Waals surface area contributed by atoms with Crippen LogP contribution in [-0.4, -0.2) is 15.0 Å². The van der Waals surface area contributed by atoms with Gasteiger partial charge in [-0.1, -0.05) is 0 Å². The molecule has 86 valence electrons. The van der Waals surface area contributed by atoms with Gasteiger partial charge in [0.25, 0.3) is 0 Å². The van der Waals surface area contributed by atoms with Crippen molar-refractivity contribution in [2.45, 2.75) is 12.8 Å². The summed E-state index contributed by atoms with van der Waals surface area (Å²) >= 11 is 5.71. The number of benzene rings is 1. The van der Waals surface area contributed by atoms with Gasteiger partial charge < -0.3 is 9.40 Å². The quantitative estimate of drug-likeness (QED) is 0.707. The molecule has 2 heterocycles. The molecule has 17 heavy (non-hydrogen) atoms. The number of hydrogen-bond acceptors (Lipinski definition) is 3. The molecule has 5 heteroatoms. The highest BCUT2D eigenvalue weighted by atomic mass is 35.5. The summed E-state index contributed by atoms with van der Waals surface area (Å²) in [6.45, 7) is 1.83. The number of H-pyrrole nitrogens is 1. The lowest BCUT2D eigenvalue weighted by Crippen LogP contribution is -1.81. The molecule has 0 radical (unpaired) electrons. The van der Waals surface area contributed by atoms with Gasteiger partial charge in [0, 0.05) is 12.5 Å². The first kappa shape index (κ1) is 10.4. The normalized spacial score (nSPS) is 11.2. The topological polar surface area (TPSA) is 54.7 Å². The van der Waals surface area contributed by atoms with Crippen LogP contribution in [0.4, 0.5) is 0 Å². The number of imidazole rings is 1. The highest BCUT2D eigenvalue weighted by molar-refractivity contribution is 6.16. The van der Waals surface area contributed by atoms with Gasteiger partial charge in [-0.05, 0) is 18.2 Å². The number of aromatic amines is 1. The fourth-order valence-corrected chi connectivity index (χ4v) is 1.92. The first-order valence-electron chi connectivity index (χ1n) is 5.23. The van der Waals surface area contributed by atoms with E-state index in [9.17, 15) is 0 Å². The minimum absolute atomic E-state index is 0.380. The first-order chi connectivity index (χ1) is 8.26. The Labute approximate surface area is 103 Å². The van der Waals surface area contributed by atoms with Gasteiger partial charge in [-0.2, -0.15) is 0 Å². The molecule has 0 unspecified atom stereocenters. The molecule has 2 aromatic heterocycles. The maximum Gasteiger partial charge on any atom is 0.192 e. The summed E-state index contributed by atoms with van der Waals surface area (Å²) in [6, 6.07) is 5.85. The average Bonchev–Trinajstić information content (AvgIpc) is 2.92. The summed E-state index contributed by atoms with van der Waals surface area (Å²) in [5.41, 5.74) is 3.60. The second kappa shape index (κ2) is 3.89. The van der Waals surface area contributed by atoms with Gasteiger partial charge >= 0.3 is 0 Å². The molecule has 3 rings (SSSR count). The van der Waals surface area contributed by atoms with E-state index < -0.39 is 0 Å². The fourth-order valence-electron chi connectivity index (χ4n) is 1.79. The third kappa shape index (κ3) is 1.80. The summed E-state index contributed by atoms with van der Waals surface area (Å²) in [6.07, 6.45) is 1.77. The van der Waals surface area contributed by atoms with Gasteiger partial charge in [0.05, 0.1) is 17.8 Å². The van der Waals surface area contributed by atoms with Crippen LogP contribution in [-0.2, 0) is 5.88 Å². The smallest absolute Gasteiger partial charge is 0.192 e. The van der Waals surface area contributed by atoms with Crippen molar-refractivity contribution >= 4 is 22.7 Å². The predicted octanol–water partition coefficient (Wildman–Crippen LogP) is 3.27. The monoisotopic (exact) mass is 247 g/mol. The standard InChI is InChI=1S/C12H10ClN3O/c1-7-15-9-4-8(2-3-11(9)17-7)10-6-14-12(5-13)16-10/h2-4,6H,5H2,1H3,(H,14,16). The number of alkyl halides is 1. The van der Waals surface area contributed by atoms with E-state index in [2.05, 4.69) is 15.0 Å². The van der Waals surface area contributed by atoms with Crippen molar-refractivity contribution in [3.63, 3.8) is 0 Å². The highest BCUT2D eigenvalue weighted by Gasteiger charge is 2.06. The molecule has 3 aromatic rings. The second-order valence-electron chi connectivity index (χ2n) is 3.79. The molecule has 0 aliphatic rings. The van der Waals surface area contributed by atoms with Crippen molar-refractivity contribution in [3.8, 4) is 11.3 Å². The van der Waals surface area contributed by atoms with E-state index in [1.165, 1.54) is 0 Å². The number of nitrogens with zero attached hydrogens (tertiary/aromatic N) is 2. The van der Waals surface area contributed by atoms with E-state index in [-0.39, 0.29) is 0 Å². The third-order valence-corrected chi connectivity index (χ3v) is 2.81. The Hall–Kier alpha value is -1.81. The molecule has 0 aliphatic carbocycles. The number of aromatic nitrogens is 3. The van der Waals surface area contributed by atoms with Gasteiger partial charge in [-0.15, -0.1) is 11.6 Å². The molecule has 0 spiro atoms. The van der Waals surface area contributed by atoms with Crippen LogP contribution in [0.25, 0.3) is 22.4 Å². The van der Waals surface area contributed by atoms with E-state index in [4.69, 9.17) is 16.0 Å². The maximum atomic E-state index is 5.71. The van der Waals surface area contributed by atoms with Crippen LogP contribution < -0.4 is 0 Å². The highest BCUT2D eigenvalue weighted by Crippen LogP contribution is 2.23.